The topological polar surface area (TPSA) is 24.4 Å². The summed E-state index contributed by atoms with van der Waals surface area (Å²) in [4.78, 5) is 0. The normalized spacial score (nSPS) is 11.6. The van der Waals surface area contributed by atoms with E-state index in [0.717, 1.165) is 5.56 Å². The van der Waals surface area contributed by atoms with Crippen molar-refractivity contribution in [1.29, 1.82) is 0 Å². The Kier molecular flexibility index (Phi) is 5.64. The summed E-state index contributed by atoms with van der Waals surface area (Å²) in [5.74, 6) is 0. The Morgan fingerprint density at radius 2 is 1.48 bits per heavy atom. The molecule has 0 bridgehead atoms. The summed E-state index contributed by atoms with van der Waals surface area (Å²) in [6.07, 6.45) is 0. The summed E-state index contributed by atoms with van der Waals surface area (Å²) < 4.78 is 0. The molecule has 0 aliphatic heterocycles. The van der Waals surface area contributed by atoms with E-state index in [4.69, 9.17) is 58.0 Å². The van der Waals surface area contributed by atoms with E-state index in [0.29, 0.717) is 36.5 Å². The Morgan fingerprint density at radius 3 is 2.05 bits per heavy atom. The van der Waals surface area contributed by atoms with E-state index < -0.39 is 0 Å². The van der Waals surface area contributed by atoms with Crippen LogP contribution in [0.5, 0.6) is 0 Å². The SMILES string of the molecule is C/C(=N\Nc1c(Cl)cc(Cl)cc1Cl)c1ccc(Cl)c(Cl)c1. The summed E-state index contributed by atoms with van der Waals surface area (Å²) in [5.41, 5.74) is 4.85. The molecule has 0 fully saturated rings. The summed E-state index contributed by atoms with van der Waals surface area (Å²) in [5, 5.41) is 6.43. The van der Waals surface area contributed by atoms with Crippen LogP contribution in [0.25, 0.3) is 0 Å². The van der Waals surface area contributed by atoms with Gasteiger partial charge in [0.1, 0.15) is 0 Å². The van der Waals surface area contributed by atoms with Gasteiger partial charge < -0.3 is 0 Å². The van der Waals surface area contributed by atoms with Gasteiger partial charge in [-0.1, -0.05) is 64.1 Å². The zero-order chi connectivity index (χ0) is 15.6. The van der Waals surface area contributed by atoms with Crippen molar-refractivity contribution in [1.82, 2.24) is 0 Å². The number of hydrazone groups is 1. The van der Waals surface area contributed by atoms with Gasteiger partial charge in [0, 0.05) is 5.02 Å². The first-order valence-corrected chi connectivity index (χ1v) is 7.67. The molecule has 0 saturated carbocycles. The molecule has 21 heavy (non-hydrogen) atoms. The number of halogens is 5. The third-order valence-electron chi connectivity index (χ3n) is 2.68. The van der Waals surface area contributed by atoms with Crippen LogP contribution in [0.4, 0.5) is 5.69 Å². The Morgan fingerprint density at radius 1 is 0.857 bits per heavy atom. The highest BCUT2D eigenvalue weighted by molar-refractivity contribution is 6.42. The van der Waals surface area contributed by atoms with Crippen molar-refractivity contribution in [2.45, 2.75) is 6.92 Å². The van der Waals surface area contributed by atoms with Crippen molar-refractivity contribution in [3.05, 3.63) is 61.0 Å². The number of hydrogen-bond acceptors (Lipinski definition) is 2. The van der Waals surface area contributed by atoms with Crippen molar-refractivity contribution in [2.24, 2.45) is 5.10 Å². The maximum absolute atomic E-state index is 6.07. The van der Waals surface area contributed by atoms with Gasteiger partial charge in [0.2, 0.25) is 0 Å². The standard InChI is InChI=1S/C14H9Cl5N2/c1-7(8-2-3-10(16)11(17)4-8)20-21-14-12(18)5-9(15)6-13(14)19/h2-6,21H,1H3/b20-7+. The van der Waals surface area contributed by atoms with Crippen LogP contribution in [-0.2, 0) is 0 Å². The van der Waals surface area contributed by atoms with Gasteiger partial charge in [-0.25, -0.2) is 0 Å². The molecule has 0 saturated heterocycles. The Bertz CT molecular complexity index is 690. The molecule has 0 heterocycles. The first kappa shape index (κ1) is 16.7. The highest BCUT2D eigenvalue weighted by atomic mass is 35.5. The first-order chi connectivity index (χ1) is 9.88. The van der Waals surface area contributed by atoms with Crippen LogP contribution in [0.15, 0.2) is 35.4 Å². The van der Waals surface area contributed by atoms with Crippen LogP contribution in [0.3, 0.4) is 0 Å². The van der Waals surface area contributed by atoms with Crippen molar-refractivity contribution < 1.29 is 0 Å². The Labute approximate surface area is 147 Å². The van der Waals surface area contributed by atoms with E-state index in [2.05, 4.69) is 10.5 Å². The van der Waals surface area contributed by atoms with Crippen LogP contribution in [0.2, 0.25) is 25.1 Å². The largest absolute Gasteiger partial charge is 0.275 e. The predicted octanol–water partition coefficient (Wildman–Crippen LogP) is 6.79. The Hall–Kier alpha value is -0.640. The second kappa shape index (κ2) is 7.08. The summed E-state index contributed by atoms with van der Waals surface area (Å²) in [6, 6.07) is 8.43. The summed E-state index contributed by atoms with van der Waals surface area (Å²) >= 11 is 29.9. The van der Waals surface area contributed by atoms with E-state index in [1.807, 2.05) is 13.0 Å². The molecule has 2 rings (SSSR count). The van der Waals surface area contributed by atoms with Crippen LogP contribution in [0, 0.1) is 0 Å². The fourth-order valence-corrected chi connectivity index (χ4v) is 2.77. The molecule has 0 aliphatic rings. The van der Waals surface area contributed by atoms with E-state index >= 15 is 0 Å². The molecular weight excluding hydrogens is 373 g/mol. The molecule has 0 atom stereocenters. The summed E-state index contributed by atoms with van der Waals surface area (Å²) in [7, 11) is 0. The van der Waals surface area contributed by atoms with Gasteiger partial charge in [-0.2, -0.15) is 5.10 Å². The highest BCUT2D eigenvalue weighted by Gasteiger charge is 2.08. The molecule has 0 amide bonds. The number of nitrogens with zero attached hydrogens (tertiary/aromatic N) is 1. The van der Waals surface area contributed by atoms with E-state index in [1.54, 1.807) is 24.3 Å². The maximum Gasteiger partial charge on any atom is 0.0935 e. The van der Waals surface area contributed by atoms with Gasteiger partial charge in [0.05, 0.1) is 31.5 Å². The number of nitrogens with one attached hydrogen (secondary N) is 1. The quantitative estimate of drug-likeness (QED) is 0.459. The lowest BCUT2D eigenvalue weighted by atomic mass is 10.1. The van der Waals surface area contributed by atoms with Gasteiger partial charge in [0.15, 0.2) is 0 Å². The van der Waals surface area contributed by atoms with Gasteiger partial charge in [0.25, 0.3) is 0 Å². The zero-order valence-electron chi connectivity index (χ0n) is 10.7. The van der Waals surface area contributed by atoms with Crippen LogP contribution >= 0.6 is 58.0 Å². The number of hydrogen-bond donors (Lipinski definition) is 1. The molecule has 2 aromatic carbocycles. The lowest BCUT2D eigenvalue weighted by Crippen LogP contribution is -2.00. The second-order valence-electron chi connectivity index (χ2n) is 4.18. The smallest absolute Gasteiger partial charge is 0.0935 e. The fraction of sp³-hybridized carbons (Fsp3) is 0.0714. The lowest BCUT2D eigenvalue weighted by molar-refractivity contribution is 1.32. The molecular formula is C14H9Cl5N2. The third kappa shape index (κ3) is 4.18. The van der Waals surface area contributed by atoms with Gasteiger partial charge in [-0.3, -0.25) is 5.43 Å². The number of rotatable bonds is 3. The minimum atomic E-state index is 0.387. The van der Waals surface area contributed by atoms with Crippen LogP contribution in [-0.4, -0.2) is 5.71 Å². The molecule has 1 N–H and O–H groups in total. The molecule has 110 valence electrons. The average Bonchev–Trinajstić information content (AvgIpc) is 2.40. The molecule has 0 unspecified atom stereocenters. The van der Waals surface area contributed by atoms with Crippen LogP contribution in [0.1, 0.15) is 12.5 Å². The molecule has 2 aromatic rings. The molecule has 0 aliphatic carbocycles. The highest BCUT2D eigenvalue weighted by Crippen LogP contribution is 2.33. The molecule has 0 radical (unpaired) electrons. The maximum atomic E-state index is 6.07. The van der Waals surface area contributed by atoms with Crippen molar-refractivity contribution in [3.63, 3.8) is 0 Å². The van der Waals surface area contributed by atoms with Crippen LogP contribution < -0.4 is 5.43 Å². The van der Waals surface area contributed by atoms with Crippen molar-refractivity contribution in [2.75, 3.05) is 5.43 Å². The minimum absolute atomic E-state index is 0.387. The monoisotopic (exact) mass is 380 g/mol. The van der Waals surface area contributed by atoms with Crippen molar-refractivity contribution in [3.8, 4) is 0 Å². The van der Waals surface area contributed by atoms with Crippen molar-refractivity contribution >= 4 is 69.4 Å². The molecule has 7 heteroatoms. The first-order valence-electron chi connectivity index (χ1n) is 5.78. The summed E-state index contributed by atoms with van der Waals surface area (Å²) in [6.45, 7) is 1.82. The molecule has 0 spiro atoms. The zero-order valence-corrected chi connectivity index (χ0v) is 14.5. The third-order valence-corrected chi connectivity index (χ3v) is 4.23. The minimum Gasteiger partial charge on any atom is -0.275 e. The van der Waals surface area contributed by atoms with Gasteiger partial charge >= 0.3 is 0 Å². The van der Waals surface area contributed by atoms with E-state index in [9.17, 15) is 0 Å². The number of benzene rings is 2. The van der Waals surface area contributed by atoms with E-state index in [-0.39, 0.29) is 0 Å². The predicted molar refractivity (Wildman–Crippen MR) is 93.8 cm³/mol. The average molecular weight is 383 g/mol. The van der Waals surface area contributed by atoms with Gasteiger partial charge in [-0.15, -0.1) is 0 Å². The van der Waals surface area contributed by atoms with Gasteiger partial charge in [-0.05, 0) is 36.8 Å². The Balaban J connectivity index is 2.26. The van der Waals surface area contributed by atoms with E-state index in [1.165, 1.54) is 0 Å². The number of anilines is 1. The molecule has 0 aromatic heterocycles. The lowest BCUT2D eigenvalue weighted by Gasteiger charge is -2.08. The molecule has 2 nitrogen and oxygen atoms in total. The second-order valence-corrected chi connectivity index (χ2v) is 6.25. The fourth-order valence-electron chi connectivity index (χ4n) is 1.57.